The van der Waals surface area contributed by atoms with E-state index in [1.54, 1.807) is 24.8 Å². The number of benzene rings is 4. The minimum Gasteiger partial charge on any atom is -0.294 e. The van der Waals surface area contributed by atoms with E-state index in [0.29, 0.717) is 6.42 Å². The summed E-state index contributed by atoms with van der Waals surface area (Å²) in [5.74, 6) is 0.164. The molecule has 1 aromatic heterocycles. The Kier molecular flexibility index (Phi) is 6.03. The second-order valence-corrected chi connectivity index (χ2v) is 8.40. The predicted octanol–water partition coefficient (Wildman–Crippen LogP) is 7.67. The Morgan fingerprint density at radius 3 is 1.91 bits per heavy atom. The van der Waals surface area contributed by atoms with Gasteiger partial charge in [0.25, 0.3) is 0 Å². The SMILES string of the molecule is O=C1CCCc2c1ccc1c2cc(-c2ccc(C(F)(F)F)cc2)c2ccccc21.c1cnccn1. The zero-order valence-corrected chi connectivity index (χ0v) is 18.7. The number of carbonyl (C=O) groups is 1. The van der Waals surface area contributed by atoms with Crippen LogP contribution in [0.25, 0.3) is 32.7 Å². The van der Waals surface area contributed by atoms with Crippen LogP contribution in [0.4, 0.5) is 13.2 Å². The fraction of sp³-hybridized carbons (Fsp3) is 0.138. The van der Waals surface area contributed by atoms with Crippen LogP contribution >= 0.6 is 0 Å². The molecule has 6 heteroatoms. The van der Waals surface area contributed by atoms with Crippen LogP contribution in [-0.2, 0) is 12.6 Å². The molecule has 6 rings (SSSR count). The van der Waals surface area contributed by atoms with Gasteiger partial charge < -0.3 is 0 Å². The second-order valence-electron chi connectivity index (χ2n) is 8.40. The van der Waals surface area contributed by atoms with Gasteiger partial charge in [-0.2, -0.15) is 13.2 Å². The van der Waals surface area contributed by atoms with Crippen LogP contribution in [0.3, 0.4) is 0 Å². The number of alkyl halides is 3. The molecular formula is C29H21F3N2O. The van der Waals surface area contributed by atoms with Gasteiger partial charge in [0.15, 0.2) is 5.78 Å². The van der Waals surface area contributed by atoms with Gasteiger partial charge in [-0.25, -0.2) is 0 Å². The average Bonchev–Trinajstić information content (AvgIpc) is 2.89. The van der Waals surface area contributed by atoms with E-state index in [1.165, 1.54) is 12.1 Å². The molecule has 0 saturated carbocycles. The highest BCUT2D eigenvalue weighted by Crippen LogP contribution is 2.39. The number of hydrogen-bond acceptors (Lipinski definition) is 3. The van der Waals surface area contributed by atoms with Crippen LogP contribution < -0.4 is 0 Å². The third-order valence-corrected chi connectivity index (χ3v) is 6.29. The van der Waals surface area contributed by atoms with E-state index in [2.05, 4.69) is 9.97 Å². The van der Waals surface area contributed by atoms with E-state index < -0.39 is 11.7 Å². The molecule has 1 aliphatic carbocycles. The predicted molar refractivity (Wildman–Crippen MR) is 131 cm³/mol. The molecule has 1 aliphatic rings. The van der Waals surface area contributed by atoms with Crippen molar-refractivity contribution < 1.29 is 18.0 Å². The molecule has 174 valence electrons. The molecular weight excluding hydrogens is 449 g/mol. The average molecular weight is 470 g/mol. The number of halogens is 3. The number of aromatic nitrogens is 2. The quantitative estimate of drug-likeness (QED) is 0.236. The Labute approximate surface area is 200 Å². The van der Waals surface area contributed by atoms with E-state index in [4.69, 9.17) is 0 Å². The minimum absolute atomic E-state index is 0.164. The Hall–Kier alpha value is -4.06. The minimum atomic E-state index is -4.36. The fourth-order valence-electron chi connectivity index (χ4n) is 4.66. The van der Waals surface area contributed by atoms with Crippen LogP contribution in [0.15, 0.2) is 91.5 Å². The summed E-state index contributed by atoms with van der Waals surface area (Å²) in [6.07, 6.45) is 4.43. The number of hydrogen-bond donors (Lipinski definition) is 0. The number of nitrogens with zero attached hydrogens (tertiary/aromatic N) is 2. The number of carbonyl (C=O) groups excluding carboxylic acids is 1. The number of Topliss-reactive ketones (excluding diaryl/α,β-unsaturated/α-hetero) is 1. The molecule has 0 N–H and O–H groups in total. The molecule has 35 heavy (non-hydrogen) atoms. The van der Waals surface area contributed by atoms with Crippen LogP contribution in [0.2, 0.25) is 0 Å². The lowest BCUT2D eigenvalue weighted by Crippen LogP contribution is -2.11. The maximum absolute atomic E-state index is 13.0. The Bertz CT molecular complexity index is 1480. The summed E-state index contributed by atoms with van der Waals surface area (Å²) in [5, 5.41) is 4.12. The number of aryl methyl sites for hydroxylation is 1. The van der Waals surface area contributed by atoms with E-state index in [1.807, 2.05) is 42.5 Å². The summed E-state index contributed by atoms with van der Waals surface area (Å²) < 4.78 is 38.9. The molecule has 0 bridgehead atoms. The van der Waals surface area contributed by atoms with Crippen molar-refractivity contribution in [1.29, 1.82) is 0 Å². The van der Waals surface area contributed by atoms with Crippen LogP contribution in [0, 0.1) is 0 Å². The maximum Gasteiger partial charge on any atom is 0.416 e. The number of ketones is 1. The zero-order valence-electron chi connectivity index (χ0n) is 18.7. The first kappa shape index (κ1) is 22.7. The lowest BCUT2D eigenvalue weighted by atomic mass is 9.84. The van der Waals surface area contributed by atoms with Crippen molar-refractivity contribution in [3.8, 4) is 11.1 Å². The molecule has 0 saturated heterocycles. The van der Waals surface area contributed by atoms with Crippen LogP contribution in [-0.4, -0.2) is 15.8 Å². The van der Waals surface area contributed by atoms with E-state index in [0.717, 1.165) is 68.8 Å². The van der Waals surface area contributed by atoms with Crippen LogP contribution in [0.5, 0.6) is 0 Å². The van der Waals surface area contributed by atoms with Gasteiger partial charge in [-0.1, -0.05) is 48.5 Å². The Morgan fingerprint density at radius 2 is 1.29 bits per heavy atom. The van der Waals surface area contributed by atoms with Gasteiger partial charge >= 0.3 is 6.18 Å². The highest BCUT2D eigenvalue weighted by Gasteiger charge is 2.30. The first-order valence-electron chi connectivity index (χ1n) is 11.3. The summed E-state index contributed by atoms with van der Waals surface area (Å²) in [6.45, 7) is 0. The Morgan fingerprint density at radius 1 is 0.657 bits per heavy atom. The molecule has 0 atom stereocenters. The van der Waals surface area contributed by atoms with Crippen molar-refractivity contribution in [1.82, 2.24) is 9.97 Å². The summed E-state index contributed by atoms with van der Waals surface area (Å²) in [7, 11) is 0. The molecule has 4 aromatic carbocycles. The zero-order chi connectivity index (χ0) is 24.4. The van der Waals surface area contributed by atoms with Gasteiger partial charge in [0.1, 0.15) is 0 Å². The lowest BCUT2D eigenvalue weighted by Gasteiger charge is -2.19. The normalized spacial score (nSPS) is 13.3. The van der Waals surface area contributed by atoms with Gasteiger partial charge in [0.2, 0.25) is 0 Å². The molecule has 0 spiro atoms. The van der Waals surface area contributed by atoms with Crippen molar-refractivity contribution in [2.45, 2.75) is 25.4 Å². The molecule has 0 aliphatic heterocycles. The van der Waals surface area contributed by atoms with Crippen LogP contribution in [0.1, 0.15) is 34.3 Å². The number of fused-ring (bicyclic) bond motifs is 5. The standard InChI is InChI=1S/C25H17F3O.C4H4N2/c26-25(27,28)16-10-8-15(9-11-16)22-14-23-19-6-3-7-24(29)21(19)13-12-20(23)17-4-1-2-5-18(17)22;1-2-6-4-3-5-1/h1-2,4-5,8-14H,3,6-7H2;1-4H. The van der Waals surface area contributed by atoms with Crippen molar-refractivity contribution in [3.63, 3.8) is 0 Å². The van der Waals surface area contributed by atoms with Gasteiger partial charge in [0.05, 0.1) is 5.56 Å². The summed E-state index contributed by atoms with van der Waals surface area (Å²) in [6, 6.07) is 19.2. The van der Waals surface area contributed by atoms with Gasteiger partial charge in [-0.3, -0.25) is 14.8 Å². The first-order chi connectivity index (χ1) is 16.9. The lowest BCUT2D eigenvalue weighted by molar-refractivity contribution is -0.137. The van der Waals surface area contributed by atoms with Crippen molar-refractivity contribution >= 4 is 27.3 Å². The summed E-state index contributed by atoms with van der Waals surface area (Å²) in [5.41, 5.74) is 2.79. The second kappa shape index (κ2) is 9.29. The third kappa shape index (κ3) is 4.52. The highest BCUT2D eigenvalue weighted by molar-refractivity contribution is 6.16. The maximum atomic E-state index is 13.0. The molecule has 0 unspecified atom stereocenters. The van der Waals surface area contributed by atoms with Crippen molar-refractivity contribution in [2.75, 3.05) is 0 Å². The molecule has 1 heterocycles. The molecule has 0 radical (unpaired) electrons. The topological polar surface area (TPSA) is 42.9 Å². The van der Waals surface area contributed by atoms with Crippen molar-refractivity contribution in [3.05, 3.63) is 108 Å². The molecule has 3 nitrogen and oxygen atoms in total. The largest absolute Gasteiger partial charge is 0.416 e. The first-order valence-corrected chi connectivity index (χ1v) is 11.3. The van der Waals surface area contributed by atoms with E-state index >= 15 is 0 Å². The van der Waals surface area contributed by atoms with Crippen molar-refractivity contribution in [2.24, 2.45) is 0 Å². The number of rotatable bonds is 1. The summed E-state index contributed by atoms with van der Waals surface area (Å²) >= 11 is 0. The Balaban J connectivity index is 0.000000371. The summed E-state index contributed by atoms with van der Waals surface area (Å²) in [4.78, 5) is 19.8. The molecule has 0 amide bonds. The molecule has 0 fully saturated rings. The van der Waals surface area contributed by atoms with E-state index in [9.17, 15) is 18.0 Å². The van der Waals surface area contributed by atoms with Gasteiger partial charge in [-0.15, -0.1) is 0 Å². The fourth-order valence-corrected chi connectivity index (χ4v) is 4.66. The smallest absolute Gasteiger partial charge is 0.294 e. The van der Waals surface area contributed by atoms with Gasteiger partial charge in [-0.05, 0) is 69.3 Å². The monoisotopic (exact) mass is 470 g/mol. The van der Waals surface area contributed by atoms with Gasteiger partial charge in [0, 0.05) is 36.8 Å². The van der Waals surface area contributed by atoms with E-state index in [-0.39, 0.29) is 5.78 Å². The highest BCUT2D eigenvalue weighted by atomic mass is 19.4. The third-order valence-electron chi connectivity index (χ3n) is 6.29. The molecule has 5 aromatic rings.